The average molecular weight is 273 g/mol. The van der Waals surface area contributed by atoms with Gasteiger partial charge in [0.1, 0.15) is 0 Å². The van der Waals surface area contributed by atoms with Gasteiger partial charge in [0.15, 0.2) is 0 Å². The first-order chi connectivity index (χ1) is 9.85. The summed E-state index contributed by atoms with van der Waals surface area (Å²) in [4.78, 5) is 2.43. The summed E-state index contributed by atoms with van der Waals surface area (Å²) >= 11 is 0. The minimum Gasteiger partial charge on any atom is -0.407 e. The van der Waals surface area contributed by atoms with E-state index in [1.807, 2.05) is 0 Å². The second kappa shape index (κ2) is 6.02. The van der Waals surface area contributed by atoms with E-state index in [4.69, 9.17) is 10.2 Å². The summed E-state index contributed by atoms with van der Waals surface area (Å²) < 4.78 is 5.30. The third-order valence-electron chi connectivity index (χ3n) is 3.56. The number of hydrogen-bond acceptors (Lipinski definition) is 6. The summed E-state index contributed by atoms with van der Waals surface area (Å²) in [6.07, 6.45) is 1.12. The van der Waals surface area contributed by atoms with Crippen LogP contribution in [0, 0.1) is 0 Å². The van der Waals surface area contributed by atoms with Crippen LogP contribution in [-0.4, -0.2) is 34.7 Å². The van der Waals surface area contributed by atoms with Crippen molar-refractivity contribution in [2.75, 3.05) is 25.0 Å². The summed E-state index contributed by atoms with van der Waals surface area (Å²) in [7, 11) is 0. The van der Waals surface area contributed by atoms with Gasteiger partial charge in [-0.3, -0.25) is 4.90 Å². The average Bonchev–Trinajstić information content (AvgIpc) is 2.95. The van der Waals surface area contributed by atoms with Gasteiger partial charge in [-0.05, 0) is 17.5 Å². The molecule has 0 saturated carbocycles. The maximum atomic E-state index is 5.42. The monoisotopic (exact) mass is 273 g/mol. The molecule has 0 atom stereocenters. The molecule has 0 fully saturated rings. The number of aromatic nitrogens is 2. The first-order valence-electron chi connectivity index (χ1n) is 6.90. The topological polar surface area (TPSA) is 80.2 Å². The highest BCUT2D eigenvalue weighted by atomic mass is 16.4. The summed E-state index contributed by atoms with van der Waals surface area (Å²) in [6, 6.07) is 9.09. The zero-order valence-electron chi connectivity index (χ0n) is 11.4. The second-order valence-corrected chi connectivity index (χ2v) is 4.93. The molecule has 0 saturated heterocycles. The van der Waals surface area contributed by atoms with Crippen molar-refractivity contribution in [1.82, 2.24) is 15.1 Å². The van der Waals surface area contributed by atoms with Gasteiger partial charge in [-0.2, -0.15) is 0 Å². The molecule has 1 aliphatic rings. The van der Waals surface area contributed by atoms with Crippen molar-refractivity contribution < 1.29 is 4.42 Å². The van der Waals surface area contributed by atoms with E-state index in [1.54, 1.807) is 0 Å². The van der Waals surface area contributed by atoms with Crippen LogP contribution in [0.1, 0.15) is 17.0 Å². The first-order valence-corrected chi connectivity index (χ1v) is 6.90. The largest absolute Gasteiger partial charge is 0.407 e. The highest BCUT2D eigenvalue weighted by Gasteiger charge is 2.15. The second-order valence-electron chi connectivity index (χ2n) is 4.93. The Hall–Kier alpha value is -1.92. The van der Waals surface area contributed by atoms with E-state index < -0.39 is 0 Å². The van der Waals surface area contributed by atoms with Crippen LogP contribution in [0.25, 0.3) is 0 Å². The Bertz CT molecular complexity index is 568. The zero-order chi connectivity index (χ0) is 13.8. The molecule has 0 bridgehead atoms. The number of hydrogen-bond donors (Lipinski definition) is 2. The molecule has 20 heavy (non-hydrogen) atoms. The maximum Gasteiger partial charge on any atom is 0.315 e. The van der Waals surface area contributed by atoms with Crippen molar-refractivity contribution in [2.45, 2.75) is 19.5 Å². The zero-order valence-corrected chi connectivity index (χ0v) is 11.4. The van der Waals surface area contributed by atoms with Gasteiger partial charge in [0.25, 0.3) is 0 Å². The van der Waals surface area contributed by atoms with Crippen LogP contribution in [0.3, 0.4) is 0 Å². The Kier molecular flexibility index (Phi) is 3.94. The molecular formula is C14H19N5O. The SMILES string of the molecule is NCc1nnc(NCCN2CCc3ccccc3C2)o1. The quantitative estimate of drug-likeness (QED) is 0.846. The van der Waals surface area contributed by atoms with Crippen LogP contribution >= 0.6 is 0 Å². The van der Waals surface area contributed by atoms with Gasteiger partial charge in [-0.25, -0.2) is 0 Å². The molecule has 1 aliphatic heterocycles. The number of nitrogens with zero attached hydrogens (tertiary/aromatic N) is 3. The lowest BCUT2D eigenvalue weighted by molar-refractivity contribution is 0.263. The van der Waals surface area contributed by atoms with Crippen LogP contribution in [0.2, 0.25) is 0 Å². The molecule has 2 aromatic rings. The first kappa shape index (κ1) is 13.1. The molecule has 0 spiro atoms. The van der Waals surface area contributed by atoms with Gasteiger partial charge in [0.2, 0.25) is 5.89 Å². The molecule has 106 valence electrons. The molecule has 1 aromatic heterocycles. The Labute approximate surface area is 118 Å². The highest BCUT2D eigenvalue weighted by Crippen LogP contribution is 2.17. The minimum absolute atomic E-state index is 0.275. The molecule has 0 amide bonds. The van der Waals surface area contributed by atoms with Gasteiger partial charge in [0.05, 0.1) is 6.54 Å². The van der Waals surface area contributed by atoms with Gasteiger partial charge in [-0.1, -0.05) is 29.4 Å². The van der Waals surface area contributed by atoms with Crippen molar-refractivity contribution in [3.63, 3.8) is 0 Å². The van der Waals surface area contributed by atoms with Crippen molar-refractivity contribution in [2.24, 2.45) is 5.73 Å². The van der Waals surface area contributed by atoms with Crippen LogP contribution < -0.4 is 11.1 Å². The lowest BCUT2D eigenvalue weighted by Gasteiger charge is -2.28. The molecule has 3 rings (SSSR count). The molecular weight excluding hydrogens is 254 g/mol. The molecule has 6 heteroatoms. The summed E-state index contributed by atoms with van der Waals surface area (Å²) in [5.74, 6) is 0.458. The number of rotatable bonds is 5. The normalized spacial score (nSPS) is 15.1. The standard InChI is InChI=1S/C14H19N5O/c15-9-13-17-18-14(20-13)16-6-8-19-7-5-11-3-1-2-4-12(11)10-19/h1-4H,5-10,15H2,(H,16,18). The van der Waals surface area contributed by atoms with E-state index in [1.165, 1.54) is 11.1 Å². The summed E-state index contributed by atoms with van der Waals surface area (Å²) in [5, 5.41) is 10.8. The van der Waals surface area contributed by atoms with Gasteiger partial charge in [-0.15, -0.1) is 5.10 Å². The Morgan fingerprint density at radius 1 is 1.25 bits per heavy atom. The van der Waals surface area contributed by atoms with Crippen molar-refractivity contribution in [1.29, 1.82) is 0 Å². The smallest absolute Gasteiger partial charge is 0.315 e. The van der Waals surface area contributed by atoms with Gasteiger partial charge >= 0.3 is 6.01 Å². The fourth-order valence-electron chi connectivity index (χ4n) is 2.47. The van der Waals surface area contributed by atoms with Gasteiger partial charge in [0, 0.05) is 26.2 Å². The van der Waals surface area contributed by atoms with E-state index >= 15 is 0 Å². The van der Waals surface area contributed by atoms with Crippen LogP contribution in [0.4, 0.5) is 6.01 Å². The predicted molar refractivity (Wildman–Crippen MR) is 76.1 cm³/mol. The lowest BCUT2D eigenvalue weighted by Crippen LogP contribution is -2.34. The predicted octanol–water partition coefficient (Wildman–Crippen LogP) is 0.998. The van der Waals surface area contributed by atoms with Crippen LogP contribution in [-0.2, 0) is 19.5 Å². The maximum absolute atomic E-state index is 5.42. The lowest BCUT2D eigenvalue weighted by atomic mass is 10.00. The number of benzene rings is 1. The molecule has 2 heterocycles. The molecule has 6 nitrogen and oxygen atoms in total. The van der Waals surface area contributed by atoms with Crippen LogP contribution in [0.15, 0.2) is 28.7 Å². The van der Waals surface area contributed by atoms with Crippen molar-refractivity contribution >= 4 is 6.01 Å². The van der Waals surface area contributed by atoms with Crippen LogP contribution in [0.5, 0.6) is 0 Å². The molecule has 1 aromatic carbocycles. The van der Waals surface area contributed by atoms with E-state index in [9.17, 15) is 0 Å². The molecule has 0 radical (unpaired) electrons. The van der Waals surface area contributed by atoms with E-state index in [-0.39, 0.29) is 6.54 Å². The van der Waals surface area contributed by atoms with E-state index in [0.717, 1.165) is 32.6 Å². The molecule has 0 aliphatic carbocycles. The Morgan fingerprint density at radius 3 is 2.90 bits per heavy atom. The minimum atomic E-state index is 0.275. The summed E-state index contributed by atoms with van der Waals surface area (Å²) in [6.45, 7) is 4.12. The van der Waals surface area contributed by atoms with E-state index in [2.05, 4.69) is 44.7 Å². The van der Waals surface area contributed by atoms with Crippen molar-refractivity contribution in [3.05, 3.63) is 41.3 Å². The molecule has 0 unspecified atom stereocenters. The Morgan fingerprint density at radius 2 is 2.10 bits per heavy atom. The van der Waals surface area contributed by atoms with E-state index in [0.29, 0.717) is 11.9 Å². The number of nitrogens with two attached hydrogens (primary N) is 1. The highest BCUT2D eigenvalue weighted by molar-refractivity contribution is 5.29. The Balaban J connectivity index is 1.48. The number of nitrogens with one attached hydrogen (secondary N) is 1. The van der Waals surface area contributed by atoms with Crippen molar-refractivity contribution in [3.8, 4) is 0 Å². The number of fused-ring (bicyclic) bond motifs is 1. The van der Waals surface area contributed by atoms with Gasteiger partial charge < -0.3 is 15.5 Å². The fourth-order valence-corrected chi connectivity index (χ4v) is 2.47. The molecule has 3 N–H and O–H groups in total. The summed E-state index contributed by atoms with van der Waals surface area (Å²) in [5.41, 5.74) is 8.33. The number of anilines is 1. The third-order valence-corrected chi connectivity index (χ3v) is 3.56. The third kappa shape index (κ3) is 2.97. The fraction of sp³-hybridized carbons (Fsp3) is 0.429.